The van der Waals surface area contributed by atoms with Gasteiger partial charge in [0.1, 0.15) is 6.10 Å². The topological polar surface area (TPSA) is 125 Å². The Labute approximate surface area is 218 Å². The van der Waals surface area contributed by atoms with Crippen molar-refractivity contribution in [3.8, 4) is 22.4 Å². The van der Waals surface area contributed by atoms with Gasteiger partial charge in [-0.25, -0.2) is 19.7 Å². The van der Waals surface area contributed by atoms with Gasteiger partial charge < -0.3 is 15.2 Å². The van der Waals surface area contributed by atoms with E-state index in [1.165, 1.54) is 16.9 Å². The van der Waals surface area contributed by atoms with Crippen LogP contribution < -0.4 is 10.6 Å². The highest BCUT2D eigenvalue weighted by molar-refractivity contribution is 7.22. The summed E-state index contributed by atoms with van der Waals surface area (Å²) < 4.78 is 6.41. The monoisotopic (exact) mass is 519 g/mol. The Morgan fingerprint density at radius 1 is 1.16 bits per heavy atom. The number of rotatable bonds is 7. The van der Waals surface area contributed by atoms with Crippen LogP contribution in [0.2, 0.25) is 0 Å². The molecule has 5 rings (SSSR count). The van der Waals surface area contributed by atoms with E-state index in [2.05, 4.69) is 42.6 Å². The van der Waals surface area contributed by atoms with Crippen LogP contribution in [0.25, 0.3) is 32.6 Å². The summed E-state index contributed by atoms with van der Waals surface area (Å²) in [6, 6.07) is 7.86. The van der Waals surface area contributed by atoms with Gasteiger partial charge in [-0.3, -0.25) is 15.2 Å². The lowest BCUT2D eigenvalue weighted by Crippen LogP contribution is -2.35. The molecule has 0 radical (unpaired) electrons. The number of fused-ring (bicyclic) bond motifs is 1. The quantitative estimate of drug-likeness (QED) is 0.336. The minimum atomic E-state index is -0.744. The molecule has 3 aromatic heterocycles. The fraction of sp³-hybridized carbons (Fsp3) is 0.346. The smallest absolute Gasteiger partial charge is 0.321 e. The number of hydrogen-bond acceptors (Lipinski definition) is 9. The Hall–Kier alpha value is -3.51. The summed E-state index contributed by atoms with van der Waals surface area (Å²) in [7, 11) is 0. The predicted molar refractivity (Wildman–Crippen MR) is 143 cm³/mol. The maximum atomic E-state index is 12.1. The molecule has 0 spiro atoms. The second-order valence-corrected chi connectivity index (χ2v) is 9.82. The van der Waals surface area contributed by atoms with Crippen LogP contribution >= 0.6 is 11.3 Å². The maximum Gasteiger partial charge on any atom is 0.321 e. The molecule has 0 aliphatic carbocycles. The molecule has 1 saturated heterocycles. The van der Waals surface area contributed by atoms with Gasteiger partial charge in [-0.2, -0.15) is 0 Å². The number of pyridine rings is 1. The number of aliphatic hydroxyl groups is 1. The Kier molecular flexibility index (Phi) is 7.65. The Morgan fingerprint density at radius 3 is 2.68 bits per heavy atom. The largest absolute Gasteiger partial charge is 0.385 e. The van der Waals surface area contributed by atoms with E-state index in [4.69, 9.17) is 9.72 Å². The number of nitrogens with zero attached hydrogens (tertiary/aromatic N) is 5. The van der Waals surface area contributed by atoms with Crippen molar-refractivity contribution in [1.29, 1.82) is 0 Å². The van der Waals surface area contributed by atoms with Gasteiger partial charge in [0.25, 0.3) is 0 Å². The lowest BCUT2D eigenvalue weighted by atomic mass is 10.0. The van der Waals surface area contributed by atoms with Crippen LogP contribution in [0.5, 0.6) is 0 Å². The molecule has 37 heavy (non-hydrogen) atoms. The molecule has 0 bridgehead atoms. The van der Waals surface area contributed by atoms with Gasteiger partial charge in [-0.1, -0.05) is 11.3 Å². The van der Waals surface area contributed by atoms with Crippen molar-refractivity contribution in [2.45, 2.75) is 26.5 Å². The Morgan fingerprint density at radius 2 is 1.95 bits per heavy atom. The van der Waals surface area contributed by atoms with Gasteiger partial charge in [0.2, 0.25) is 0 Å². The lowest BCUT2D eigenvalue weighted by molar-refractivity contribution is 0.0342. The average molecular weight is 520 g/mol. The van der Waals surface area contributed by atoms with Gasteiger partial charge in [0, 0.05) is 55.9 Å². The number of morpholine rings is 1. The third-order valence-electron chi connectivity index (χ3n) is 6.04. The van der Waals surface area contributed by atoms with E-state index < -0.39 is 6.10 Å². The maximum absolute atomic E-state index is 12.1. The normalized spacial score (nSPS) is 15.0. The molecule has 11 heteroatoms. The number of carbonyl (C=O) groups excluding carboxylic acids is 1. The summed E-state index contributed by atoms with van der Waals surface area (Å²) in [6.07, 6.45) is 4.48. The molecule has 4 aromatic rings. The fourth-order valence-electron chi connectivity index (χ4n) is 4.19. The first kappa shape index (κ1) is 25.2. The zero-order valence-electron chi connectivity index (χ0n) is 20.8. The summed E-state index contributed by atoms with van der Waals surface area (Å²) in [6.45, 7) is 8.15. The molecule has 0 saturated carbocycles. The number of hydrogen-bond donors (Lipinski definition) is 3. The van der Waals surface area contributed by atoms with Crippen LogP contribution in [0.3, 0.4) is 0 Å². The van der Waals surface area contributed by atoms with E-state index in [1.54, 1.807) is 19.3 Å². The van der Waals surface area contributed by atoms with E-state index in [1.807, 2.05) is 25.3 Å². The molecule has 2 amide bonds. The van der Waals surface area contributed by atoms with Crippen molar-refractivity contribution >= 4 is 32.7 Å². The van der Waals surface area contributed by atoms with Crippen molar-refractivity contribution in [3.05, 3.63) is 54.2 Å². The summed E-state index contributed by atoms with van der Waals surface area (Å²) in [5, 5.41) is 15.8. The highest BCUT2D eigenvalue weighted by Gasteiger charge is 2.17. The van der Waals surface area contributed by atoms with E-state index in [-0.39, 0.29) is 6.03 Å². The molecule has 0 unspecified atom stereocenters. The first-order valence-electron chi connectivity index (χ1n) is 12.3. The first-order valence-corrected chi connectivity index (χ1v) is 13.1. The minimum Gasteiger partial charge on any atom is -0.385 e. The highest BCUT2D eigenvalue weighted by atomic mass is 32.1. The molecule has 1 atom stereocenters. The second-order valence-electron chi connectivity index (χ2n) is 8.82. The zero-order chi connectivity index (χ0) is 25.8. The third-order valence-corrected chi connectivity index (χ3v) is 7.06. The van der Waals surface area contributed by atoms with Crippen LogP contribution in [-0.4, -0.2) is 68.8 Å². The second kappa shape index (κ2) is 11.3. The van der Waals surface area contributed by atoms with Gasteiger partial charge >= 0.3 is 6.03 Å². The number of benzene rings is 1. The molecule has 1 aliphatic heterocycles. The molecule has 1 fully saturated rings. The highest BCUT2D eigenvalue weighted by Crippen LogP contribution is 2.38. The standard InChI is InChI=1S/C26H29N7O3S/c1-3-27-25(35)32-26-31-22-12-18(19-13-29-24(16(2)34)30-14-19)11-20(23(22)37-26)21-10-17(4-5-28-21)15-33-6-8-36-9-7-33/h4-5,10-14,16,34H,3,6-9,15H2,1-2H3,(H2,27,31,32,35)/t16-/m1/s1. The molecule has 10 nitrogen and oxygen atoms in total. The van der Waals surface area contributed by atoms with Crippen LogP contribution in [0, 0.1) is 0 Å². The average Bonchev–Trinajstić information content (AvgIpc) is 3.31. The summed E-state index contributed by atoms with van der Waals surface area (Å²) in [5.74, 6) is 0.365. The van der Waals surface area contributed by atoms with Crippen molar-refractivity contribution in [2.24, 2.45) is 0 Å². The van der Waals surface area contributed by atoms with Crippen LogP contribution in [0.1, 0.15) is 31.3 Å². The van der Waals surface area contributed by atoms with E-state index in [0.29, 0.717) is 17.5 Å². The molecule has 4 heterocycles. The number of nitrogens with one attached hydrogen (secondary N) is 2. The number of anilines is 1. The van der Waals surface area contributed by atoms with Crippen LogP contribution in [0.15, 0.2) is 42.9 Å². The fourth-order valence-corrected chi connectivity index (χ4v) is 5.15. The molecule has 1 aliphatic rings. The Balaban J connectivity index is 1.56. The van der Waals surface area contributed by atoms with Crippen molar-refractivity contribution in [2.75, 3.05) is 38.2 Å². The van der Waals surface area contributed by atoms with Gasteiger partial charge in [-0.05, 0) is 49.2 Å². The van der Waals surface area contributed by atoms with Crippen LogP contribution in [0.4, 0.5) is 9.93 Å². The summed E-state index contributed by atoms with van der Waals surface area (Å²) in [4.78, 5) is 32.5. The third kappa shape index (κ3) is 5.91. The summed E-state index contributed by atoms with van der Waals surface area (Å²) >= 11 is 1.41. The lowest BCUT2D eigenvalue weighted by Gasteiger charge is -2.26. The van der Waals surface area contributed by atoms with Crippen molar-refractivity contribution < 1.29 is 14.6 Å². The molecule has 3 N–H and O–H groups in total. The minimum absolute atomic E-state index is 0.295. The molecular formula is C26H29N7O3S. The number of thiazole rings is 1. The van der Waals surface area contributed by atoms with Crippen LogP contribution in [-0.2, 0) is 11.3 Å². The SMILES string of the molecule is CCNC(=O)Nc1nc2cc(-c3cnc([C@@H](C)O)nc3)cc(-c3cc(CN4CCOCC4)ccn3)c2s1. The number of amides is 2. The number of ether oxygens (including phenoxy) is 1. The van der Waals surface area contributed by atoms with Gasteiger partial charge in [0.15, 0.2) is 11.0 Å². The first-order chi connectivity index (χ1) is 18.0. The Bertz CT molecular complexity index is 1380. The van der Waals surface area contributed by atoms with Crippen molar-refractivity contribution in [3.63, 3.8) is 0 Å². The van der Waals surface area contributed by atoms with Gasteiger partial charge in [0.05, 0.1) is 29.1 Å². The molecule has 192 valence electrons. The number of carbonyl (C=O) groups is 1. The summed E-state index contributed by atoms with van der Waals surface area (Å²) in [5.41, 5.74) is 5.31. The van der Waals surface area contributed by atoms with Gasteiger partial charge in [-0.15, -0.1) is 0 Å². The molecule has 1 aromatic carbocycles. The number of aliphatic hydroxyl groups excluding tert-OH is 1. The predicted octanol–water partition coefficient (Wildman–Crippen LogP) is 3.84. The van der Waals surface area contributed by atoms with E-state index in [9.17, 15) is 9.90 Å². The van der Waals surface area contributed by atoms with Crippen molar-refractivity contribution in [1.82, 2.24) is 30.2 Å². The van der Waals surface area contributed by atoms with E-state index in [0.717, 1.165) is 65.4 Å². The number of aromatic nitrogens is 4. The van der Waals surface area contributed by atoms with E-state index >= 15 is 0 Å². The zero-order valence-corrected chi connectivity index (χ0v) is 21.6. The molecular weight excluding hydrogens is 490 g/mol. The number of urea groups is 1.